The quantitative estimate of drug-likeness (QED) is 0.320. The van der Waals surface area contributed by atoms with Crippen LogP contribution in [0.15, 0.2) is 56.8 Å². The van der Waals surface area contributed by atoms with E-state index in [-0.39, 0.29) is 31.1 Å². The molecule has 3 aromatic heterocycles. The van der Waals surface area contributed by atoms with Gasteiger partial charge in [0, 0.05) is 12.5 Å². The van der Waals surface area contributed by atoms with Crippen LogP contribution in [-0.2, 0) is 21.6 Å². The van der Waals surface area contributed by atoms with Gasteiger partial charge in [0.15, 0.2) is 0 Å². The fraction of sp³-hybridized carbons (Fsp3) is 0.385. The molecule has 10 nitrogen and oxygen atoms in total. The van der Waals surface area contributed by atoms with Crippen molar-refractivity contribution >= 4 is 27.5 Å². The molecule has 0 aliphatic carbocycles. The van der Waals surface area contributed by atoms with E-state index in [1.54, 1.807) is 6.92 Å². The van der Waals surface area contributed by atoms with E-state index >= 15 is 0 Å². The standard InChI is InChI=1S/C26H29N3O7S/c1-15(13-30)14-36-18(17-8-6-5-7-9-17)12-28-23-19(16(2)20(37-23)21-27-10-11-35-21)22(31)29(25(28)34)26(3,4)24(32)33/h5-11,15,18,30H,12-14H2,1-4H3,(H,32,33)/t15-,18-/m1/s1. The molecule has 0 radical (unpaired) electrons. The van der Waals surface area contributed by atoms with Crippen LogP contribution in [0.5, 0.6) is 0 Å². The smallest absolute Gasteiger partial charge is 0.333 e. The molecular formula is C26H29N3O7S. The zero-order valence-electron chi connectivity index (χ0n) is 21.0. The zero-order chi connectivity index (χ0) is 26.9. The van der Waals surface area contributed by atoms with Crippen LogP contribution < -0.4 is 11.2 Å². The molecule has 0 aliphatic heterocycles. The number of thiophene rings is 1. The number of carboxylic acid groups (broad SMARTS) is 1. The van der Waals surface area contributed by atoms with Gasteiger partial charge in [0.05, 0.1) is 29.6 Å². The number of carboxylic acids is 1. The third-order valence-corrected chi connectivity index (χ3v) is 7.64. The Hall–Kier alpha value is -3.54. The molecule has 0 fully saturated rings. The van der Waals surface area contributed by atoms with Gasteiger partial charge in [-0.1, -0.05) is 37.3 Å². The van der Waals surface area contributed by atoms with Crippen LogP contribution >= 0.6 is 11.3 Å². The van der Waals surface area contributed by atoms with Crippen LogP contribution in [0.4, 0.5) is 0 Å². The Bertz CT molecular complexity index is 1520. The predicted octanol–water partition coefficient (Wildman–Crippen LogP) is 3.39. The first-order chi connectivity index (χ1) is 17.6. The van der Waals surface area contributed by atoms with Crippen molar-refractivity contribution in [2.24, 2.45) is 5.92 Å². The van der Waals surface area contributed by atoms with Crippen molar-refractivity contribution < 1.29 is 24.2 Å². The summed E-state index contributed by atoms with van der Waals surface area (Å²) in [5.41, 5.74) is -1.92. The number of fused-ring (bicyclic) bond motifs is 1. The Morgan fingerprint density at radius 3 is 2.54 bits per heavy atom. The second kappa shape index (κ2) is 10.4. The van der Waals surface area contributed by atoms with Crippen molar-refractivity contribution in [3.63, 3.8) is 0 Å². The lowest BCUT2D eigenvalue weighted by Crippen LogP contribution is -2.52. The number of rotatable bonds is 10. The van der Waals surface area contributed by atoms with Crippen molar-refractivity contribution in [1.29, 1.82) is 0 Å². The van der Waals surface area contributed by atoms with Gasteiger partial charge in [-0.3, -0.25) is 9.36 Å². The summed E-state index contributed by atoms with van der Waals surface area (Å²) in [6, 6.07) is 9.30. The molecule has 0 saturated carbocycles. The fourth-order valence-electron chi connectivity index (χ4n) is 4.06. The van der Waals surface area contributed by atoms with Crippen LogP contribution in [0.3, 0.4) is 0 Å². The number of nitrogens with zero attached hydrogens (tertiary/aromatic N) is 3. The molecule has 0 bridgehead atoms. The predicted molar refractivity (Wildman–Crippen MR) is 139 cm³/mol. The largest absolute Gasteiger partial charge is 0.480 e. The monoisotopic (exact) mass is 527 g/mol. The van der Waals surface area contributed by atoms with Crippen LogP contribution in [0.1, 0.15) is 38.0 Å². The number of ether oxygens (including phenoxy) is 1. The summed E-state index contributed by atoms with van der Waals surface area (Å²) >= 11 is 1.18. The van der Waals surface area contributed by atoms with Gasteiger partial charge < -0.3 is 19.4 Å². The van der Waals surface area contributed by atoms with E-state index in [1.807, 2.05) is 37.3 Å². The maximum absolute atomic E-state index is 13.9. The highest BCUT2D eigenvalue weighted by Crippen LogP contribution is 2.36. The summed E-state index contributed by atoms with van der Waals surface area (Å²) in [4.78, 5) is 44.8. The molecule has 3 heterocycles. The molecular weight excluding hydrogens is 498 g/mol. The van der Waals surface area contributed by atoms with Crippen LogP contribution in [0, 0.1) is 12.8 Å². The summed E-state index contributed by atoms with van der Waals surface area (Å²) in [5.74, 6) is -1.15. The number of hydrogen-bond acceptors (Lipinski definition) is 8. The SMILES string of the molecule is Cc1c(-c2ncco2)sc2c1c(=O)n(C(C)(C)C(=O)O)c(=O)n2C[C@@H](OC[C@H](C)CO)c1ccccc1. The molecule has 2 atom stereocenters. The van der Waals surface area contributed by atoms with E-state index in [0.29, 0.717) is 21.2 Å². The third kappa shape index (κ3) is 4.89. The van der Waals surface area contributed by atoms with Crippen LogP contribution in [0.25, 0.3) is 21.0 Å². The lowest BCUT2D eigenvalue weighted by atomic mass is 10.1. The molecule has 0 saturated heterocycles. The Kier molecular flexibility index (Phi) is 7.49. The number of aryl methyl sites for hydroxylation is 1. The fourth-order valence-corrected chi connectivity index (χ4v) is 5.30. The summed E-state index contributed by atoms with van der Waals surface area (Å²) < 4.78 is 13.8. The summed E-state index contributed by atoms with van der Waals surface area (Å²) in [6.45, 7) is 6.39. The molecule has 37 heavy (non-hydrogen) atoms. The van der Waals surface area contributed by atoms with E-state index in [1.165, 1.54) is 42.2 Å². The van der Waals surface area contributed by atoms with Crippen molar-refractivity contribution in [2.45, 2.75) is 45.9 Å². The van der Waals surface area contributed by atoms with Crippen LogP contribution in [0.2, 0.25) is 0 Å². The number of carbonyl (C=O) groups is 1. The molecule has 0 spiro atoms. The zero-order valence-corrected chi connectivity index (χ0v) is 21.8. The van der Waals surface area contributed by atoms with Gasteiger partial charge in [-0.2, -0.15) is 0 Å². The van der Waals surface area contributed by atoms with Gasteiger partial charge in [-0.15, -0.1) is 11.3 Å². The molecule has 0 amide bonds. The van der Waals surface area contributed by atoms with Crippen LogP contribution in [-0.4, -0.2) is 43.5 Å². The topological polar surface area (TPSA) is 137 Å². The van der Waals surface area contributed by atoms with Crippen molar-refractivity contribution in [3.8, 4) is 10.8 Å². The summed E-state index contributed by atoms with van der Waals surface area (Å²) in [6.07, 6.45) is 2.29. The first-order valence-corrected chi connectivity index (χ1v) is 12.6. The van der Waals surface area contributed by atoms with E-state index in [9.17, 15) is 24.6 Å². The number of benzene rings is 1. The maximum atomic E-state index is 13.9. The minimum absolute atomic E-state index is 0.0124. The molecule has 0 unspecified atom stereocenters. The van der Waals surface area contributed by atoms with Crippen molar-refractivity contribution in [2.75, 3.05) is 13.2 Å². The first kappa shape index (κ1) is 26.5. The Balaban J connectivity index is 1.99. The summed E-state index contributed by atoms with van der Waals surface area (Å²) in [7, 11) is 0. The van der Waals surface area contributed by atoms with Gasteiger partial charge in [0.1, 0.15) is 22.7 Å². The Labute approximate surface area is 216 Å². The van der Waals surface area contributed by atoms with Gasteiger partial charge in [-0.25, -0.2) is 19.1 Å². The molecule has 2 N–H and O–H groups in total. The van der Waals surface area contributed by atoms with Gasteiger partial charge in [-0.05, 0) is 31.9 Å². The van der Waals surface area contributed by atoms with E-state index < -0.39 is 28.9 Å². The molecule has 4 rings (SSSR count). The molecule has 0 aliphatic rings. The number of aliphatic hydroxyl groups is 1. The second-order valence-electron chi connectivity index (χ2n) is 9.49. The Morgan fingerprint density at radius 2 is 1.95 bits per heavy atom. The average Bonchev–Trinajstić information content (AvgIpc) is 3.52. The number of aromatic nitrogens is 3. The lowest BCUT2D eigenvalue weighted by Gasteiger charge is -2.25. The molecule has 1 aromatic carbocycles. The molecule has 196 valence electrons. The average molecular weight is 528 g/mol. The Morgan fingerprint density at radius 1 is 1.24 bits per heavy atom. The van der Waals surface area contributed by atoms with E-state index in [2.05, 4.69) is 4.98 Å². The highest BCUT2D eigenvalue weighted by molar-refractivity contribution is 7.22. The molecule has 11 heteroatoms. The van der Waals surface area contributed by atoms with Gasteiger partial charge in [0.25, 0.3) is 5.56 Å². The summed E-state index contributed by atoms with van der Waals surface area (Å²) in [5, 5.41) is 19.6. The highest BCUT2D eigenvalue weighted by Gasteiger charge is 2.36. The lowest BCUT2D eigenvalue weighted by molar-refractivity contribution is -0.146. The maximum Gasteiger partial charge on any atom is 0.333 e. The highest BCUT2D eigenvalue weighted by atomic mass is 32.1. The number of hydrogen-bond donors (Lipinski definition) is 2. The third-order valence-electron chi connectivity index (χ3n) is 6.33. The number of aliphatic carboxylic acids is 1. The minimum Gasteiger partial charge on any atom is -0.480 e. The van der Waals surface area contributed by atoms with Gasteiger partial charge in [0.2, 0.25) is 5.89 Å². The normalized spacial score (nSPS) is 13.6. The first-order valence-electron chi connectivity index (χ1n) is 11.8. The van der Waals surface area contributed by atoms with E-state index in [0.717, 1.165) is 10.1 Å². The molecule has 4 aromatic rings. The minimum atomic E-state index is -1.81. The second-order valence-corrected chi connectivity index (χ2v) is 10.5. The van der Waals surface area contributed by atoms with Crippen molar-refractivity contribution in [3.05, 3.63) is 74.8 Å². The van der Waals surface area contributed by atoms with Gasteiger partial charge >= 0.3 is 11.7 Å². The van der Waals surface area contributed by atoms with Crippen molar-refractivity contribution in [1.82, 2.24) is 14.1 Å². The number of aliphatic hydroxyl groups excluding tert-OH is 1. The van der Waals surface area contributed by atoms with E-state index in [4.69, 9.17) is 9.15 Å². The number of oxazole rings is 1.